The predicted octanol–water partition coefficient (Wildman–Crippen LogP) is 3.69. The number of halogens is 1. The van der Waals surface area contributed by atoms with E-state index in [1.54, 1.807) is 30.0 Å². The quantitative estimate of drug-likeness (QED) is 0.590. The van der Waals surface area contributed by atoms with E-state index in [9.17, 15) is 4.79 Å². The van der Waals surface area contributed by atoms with E-state index >= 15 is 0 Å². The van der Waals surface area contributed by atoms with E-state index in [0.29, 0.717) is 29.7 Å². The van der Waals surface area contributed by atoms with Crippen molar-refractivity contribution in [2.24, 2.45) is 0 Å². The number of amides is 1. The lowest BCUT2D eigenvalue weighted by Gasteiger charge is -2.13. The average molecular weight is 401 g/mol. The first-order chi connectivity index (χ1) is 13.5. The van der Waals surface area contributed by atoms with Gasteiger partial charge < -0.3 is 20.5 Å². The van der Waals surface area contributed by atoms with Crippen LogP contribution in [0.5, 0.6) is 5.75 Å². The number of aromatic nitrogens is 2. The molecule has 3 N–H and O–H groups in total. The molecule has 8 heteroatoms. The Morgan fingerprint density at radius 2 is 2.04 bits per heavy atom. The molecule has 0 fully saturated rings. The smallest absolute Gasteiger partial charge is 0.261 e. The molecule has 3 aromatic rings. The fourth-order valence-electron chi connectivity index (χ4n) is 2.67. The maximum Gasteiger partial charge on any atom is 0.261 e. The number of aryl methyl sites for hydroxylation is 1. The second-order valence-electron chi connectivity index (χ2n) is 6.08. The number of hydrogen-bond donors (Lipinski definition) is 2. The molecule has 0 radical (unpaired) electrons. The highest BCUT2D eigenvalue weighted by Gasteiger charge is 2.18. The van der Waals surface area contributed by atoms with Gasteiger partial charge in [0.05, 0.1) is 24.2 Å². The molecule has 0 unspecified atom stereocenters. The third-order valence-corrected chi connectivity index (χ3v) is 4.37. The maximum absolute atomic E-state index is 12.8. The number of nitrogens with one attached hydrogen (secondary N) is 1. The van der Waals surface area contributed by atoms with E-state index < -0.39 is 5.91 Å². The first kappa shape index (κ1) is 19.7. The van der Waals surface area contributed by atoms with Gasteiger partial charge in [-0.25, -0.2) is 4.68 Å². The second-order valence-corrected chi connectivity index (χ2v) is 6.51. The standard InChI is InChI=1S/C20H21ClN4O3/c1-13-5-3-4-6-17(13)25-19(22)15(12-23-25)20(26)24-16-8-7-14(21)11-18(16)28-10-9-27-2/h3-8,11-12H,9-10,22H2,1-2H3,(H,24,26). The van der Waals surface area contributed by atoms with Crippen LogP contribution in [0.15, 0.2) is 48.7 Å². The largest absolute Gasteiger partial charge is 0.489 e. The Morgan fingerprint density at radius 3 is 2.79 bits per heavy atom. The molecule has 28 heavy (non-hydrogen) atoms. The van der Waals surface area contributed by atoms with E-state index in [4.69, 9.17) is 26.8 Å². The van der Waals surface area contributed by atoms with Crippen LogP contribution in [0.2, 0.25) is 5.02 Å². The van der Waals surface area contributed by atoms with Crippen LogP contribution >= 0.6 is 11.6 Å². The lowest BCUT2D eigenvalue weighted by Crippen LogP contribution is -2.15. The van der Waals surface area contributed by atoms with Crippen LogP contribution < -0.4 is 15.8 Å². The summed E-state index contributed by atoms with van der Waals surface area (Å²) in [5.41, 5.74) is 8.75. The molecule has 0 aliphatic heterocycles. The summed E-state index contributed by atoms with van der Waals surface area (Å²) in [6.07, 6.45) is 1.44. The molecule has 2 aromatic carbocycles. The summed E-state index contributed by atoms with van der Waals surface area (Å²) >= 11 is 6.04. The normalized spacial score (nSPS) is 10.7. The Balaban J connectivity index is 1.84. The topological polar surface area (TPSA) is 91.4 Å². The number of hydrogen-bond acceptors (Lipinski definition) is 5. The summed E-state index contributed by atoms with van der Waals surface area (Å²) in [4.78, 5) is 12.8. The van der Waals surface area contributed by atoms with Gasteiger partial charge >= 0.3 is 0 Å². The van der Waals surface area contributed by atoms with E-state index in [2.05, 4.69) is 10.4 Å². The van der Waals surface area contributed by atoms with Gasteiger partial charge in [0, 0.05) is 18.2 Å². The number of para-hydroxylation sites is 1. The van der Waals surface area contributed by atoms with Crippen LogP contribution in [0.25, 0.3) is 5.69 Å². The molecule has 1 heterocycles. The fourth-order valence-corrected chi connectivity index (χ4v) is 2.83. The highest BCUT2D eigenvalue weighted by molar-refractivity contribution is 6.30. The Kier molecular flexibility index (Phi) is 6.18. The van der Waals surface area contributed by atoms with Gasteiger partial charge in [-0.3, -0.25) is 4.79 Å². The number of carbonyl (C=O) groups is 1. The van der Waals surface area contributed by atoms with Crippen molar-refractivity contribution in [3.63, 3.8) is 0 Å². The first-order valence-electron chi connectivity index (χ1n) is 8.63. The summed E-state index contributed by atoms with van der Waals surface area (Å²) in [5.74, 6) is 0.307. The summed E-state index contributed by atoms with van der Waals surface area (Å²) in [7, 11) is 1.58. The lowest BCUT2D eigenvalue weighted by molar-refractivity contribution is 0.102. The molecule has 0 spiro atoms. The zero-order valence-corrected chi connectivity index (χ0v) is 16.4. The molecule has 3 rings (SSSR count). The number of anilines is 2. The van der Waals surface area contributed by atoms with Gasteiger partial charge in [0.25, 0.3) is 5.91 Å². The third-order valence-electron chi connectivity index (χ3n) is 4.13. The monoisotopic (exact) mass is 400 g/mol. The Morgan fingerprint density at radius 1 is 1.25 bits per heavy atom. The molecule has 1 amide bonds. The van der Waals surface area contributed by atoms with Crippen molar-refractivity contribution < 1.29 is 14.3 Å². The van der Waals surface area contributed by atoms with E-state index in [1.165, 1.54) is 6.20 Å². The molecular formula is C20H21ClN4O3. The molecule has 146 valence electrons. The van der Waals surface area contributed by atoms with Crippen LogP contribution in [0.1, 0.15) is 15.9 Å². The summed E-state index contributed by atoms with van der Waals surface area (Å²) < 4.78 is 12.2. The molecule has 1 aromatic heterocycles. The fraction of sp³-hybridized carbons (Fsp3) is 0.200. The first-order valence-corrected chi connectivity index (χ1v) is 9.01. The van der Waals surface area contributed by atoms with E-state index in [0.717, 1.165) is 11.3 Å². The van der Waals surface area contributed by atoms with Crippen molar-refractivity contribution in [2.45, 2.75) is 6.92 Å². The van der Waals surface area contributed by atoms with Crippen LogP contribution in [-0.2, 0) is 4.74 Å². The second kappa shape index (κ2) is 8.77. The van der Waals surface area contributed by atoms with Crippen LogP contribution in [0.4, 0.5) is 11.5 Å². The molecule has 7 nitrogen and oxygen atoms in total. The maximum atomic E-state index is 12.8. The molecule has 0 atom stereocenters. The van der Waals surface area contributed by atoms with Gasteiger partial charge in [-0.2, -0.15) is 5.10 Å². The number of methoxy groups -OCH3 is 1. The lowest BCUT2D eigenvalue weighted by atomic mass is 10.2. The molecule has 0 aliphatic rings. The number of nitrogens with zero attached hydrogens (tertiary/aromatic N) is 2. The van der Waals surface area contributed by atoms with Gasteiger partial charge in [0.2, 0.25) is 0 Å². The number of nitrogens with two attached hydrogens (primary N) is 1. The number of ether oxygens (including phenoxy) is 2. The third kappa shape index (κ3) is 4.27. The van der Waals surface area contributed by atoms with Gasteiger partial charge in [0.1, 0.15) is 23.7 Å². The van der Waals surface area contributed by atoms with Crippen molar-refractivity contribution in [1.29, 1.82) is 0 Å². The van der Waals surface area contributed by atoms with Gasteiger partial charge in [0.15, 0.2) is 0 Å². The van der Waals surface area contributed by atoms with Gasteiger partial charge in [-0.1, -0.05) is 29.8 Å². The summed E-state index contributed by atoms with van der Waals surface area (Å²) in [6.45, 7) is 2.69. The zero-order chi connectivity index (χ0) is 20.1. The summed E-state index contributed by atoms with van der Waals surface area (Å²) in [5, 5.41) is 7.57. The predicted molar refractivity (Wildman–Crippen MR) is 109 cm³/mol. The van der Waals surface area contributed by atoms with E-state index in [1.807, 2.05) is 31.2 Å². The molecule has 0 saturated heterocycles. The van der Waals surface area contributed by atoms with Crippen molar-refractivity contribution >= 4 is 29.0 Å². The summed E-state index contributed by atoms with van der Waals surface area (Å²) in [6, 6.07) is 12.6. The average Bonchev–Trinajstić information content (AvgIpc) is 3.06. The minimum absolute atomic E-state index is 0.252. The molecular weight excluding hydrogens is 380 g/mol. The van der Waals surface area contributed by atoms with Crippen LogP contribution in [-0.4, -0.2) is 36.0 Å². The van der Waals surface area contributed by atoms with Crippen molar-refractivity contribution in [3.8, 4) is 11.4 Å². The highest BCUT2D eigenvalue weighted by atomic mass is 35.5. The molecule has 0 saturated carbocycles. The minimum atomic E-state index is -0.392. The molecule has 0 bridgehead atoms. The number of rotatable bonds is 7. The SMILES string of the molecule is COCCOc1cc(Cl)ccc1NC(=O)c1cnn(-c2ccccc2C)c1N. The zero-order valence-electron chi connectivity index (χ0n) is 15.6. The van der Waals surface area contributed by atoms with Crippen LogP contribution in [0.3, 0.4) is 0 Å². The van der Waals surface area contributed by atoms with Crippen molar-refractivity contribution in [3.05, 3.63) is 64.8 Å². The minimum Gasteiger partial charge on any atom is -0.489 e. The van der Waals surface area contributed by atoms with Crippen molar-refractivity contribution in [2.75, 3.05) is 31.4 Å². The molecule has 0 aliphatic carbocycles. The number of carbonyl (C=O) groups excluding carboxylic acids is 1. The van der Waals surface area contributed by atoms with E-state index in [-0.39, 0.29) is 11.4 Å². The number of nitrogen functional groups attached to an aromatic ring is 1. The Labute approximate surface area is 168 Å². The van der Waals surface area contributed by atoms with Crippen LogP contribution in [0, 0.1) is 6.92 Å². The van der Waals surface area contributed by atoms with Crippen molar-refractivity contribution in [1.82, 2.24) is 9.78 Å². The number of benzene rings is 2. The van der Waals surface area contributed by atoms with Gasteiger partial charge in [-0.15, -0.1) is 0 Å². The highest BCUT2D eigenvalue weighted by Crippen LogP contribution is 2.29. The Hall–Kier alpha value is -3.03. The van der Waals surface area contributed by atoms with Gasteiger partial charge in [-0.05, 0) is 30.7 Å². The Bertz CT molecular complexity index is 987.